The average molecular weight is 558 g/mol. The highest BCUT2D eigenvalue weighted by Gasteiger charge is 2.42. The minimum absolute atomic E-state index is 0.0560. The fraction of sp³-hybridized carbons (Fsp3) is 0.444. The number of methoxy groups -OCH3 is 1. The zero-order valence-corrected chi connectivity index (χ0v) is 22.7. The Morgan fingerprint density at radius 1 is 1.15 bits per heavy atom. The maximum Gasteiger partial charge on any atom is 0.332 e. The Balaban J connectivity index is 1.90. The molecule has 1 N–H and O–H groups in total. The predicted octanol–water partition coefficient (Wildman–Crippen LogP) is 1.42. The van der Waals surface area contributed by atoms with Gasteiger partial charge in [0.2, 0.25) is 5.75 Å². The fourth-order valence-corrected chi connectivity index (χ4v) is 3.88. The molecule has 214 valence electrons. The summed E-state index contributed by atoms with van der Waals surface area (Å²) in [6.07, 6.45) is 2.19. The van der Waals surface area contributed by atoms with E-state index in [1.54, 1.807) is 38.4 Å². The highest BCUT2D eigenvalue weighted by atomic mass is 16.6. The molecular formula is C27H31N3O10. The summed E-state index contributed by atoms with van der Waals surface area (Å²) >= 11 is 0. The van der Waals surface area contributed by atoms with E-state index in [2.05, 4.69) is 15.3 Å². The van der Waals surface area contributed by atoms with E-state index >= 15 is 0 Å². The Labute approximate surface area is 230 Å². The number of rotatable bonds is 8. The monoisotopic (exact) mass is 557 g/mol. The number of esters is 4. The van der Waals surface area contributed by atoms with E-state index in [4.69, 9.17) is 23.7 Å². The summed E-state index contributed by atoms with van der Waals surface area (Å²) in [7, 11) is 1.31. The van der Waals surface area contributed by atoms with Gasteiger partial charge in [-0.2, -0.15) is 0 Å². The number of nitrogens with zero attached hydrogens (tertiary/aromatic N) is 2. The van der Waals surface area contributed by atoms with Crippen LogP contribution in [0.3, 0.4) is 0 Å². The number of amides is 1. The number of aromatic nitrogens is 2. The lowest BCUT2D eigenvalue weighted by Gasteiger charge is -2.29. The largest absolute Gasteiger partial charge is 0.493 e. The molecule has 1 aliphatic rings. The molecule has 13 heteroatoms. The van der Waals surface area contributed by atoms with E-state index in [-0.39, 0.29) is 23.6 Å². The van der Waals surface area contributed by atoms with Crippen LogP contribution in [0.1, 0.15) is 43.7 Å². The van der Waals surface area contributed by atoms with Crippen LogP contribution in [0.4, 0.5) is 0 Å². The van der Waals surface area contributed by atoms with Crippen molar-refractivity contribution in [3.8, 4) is 11.5 Å². The summed E-state index contributed by atoms with van der Waals surface area (Å²) in [5.41, 5.74) is 0.319. The van der Waals surface area contributed by atoms with Crippen LogP contribution in [-0.4, -0.2) is 71.7 Å². The van der Waals surface area contributed by atoms with Crippen molar-refractivity contribution in [1.29, 1.82) is 0 Å². The van der Waals surface area contributed by atoms with Gasteiger partial charge in [-0.3, -0.25) is 24.2 Å². The maximum absolute atomic E-state index is 13.3. The Morgan fingerprint density at radius 3 is 2.52 bits per heavy atom. The van der Waals surface area contributed by atoms with E-state index in [1.807, 2.05) is 0 Å². The highest BCUT2D eigenvalue weighted by Crippen LogP contribution is 2.30. The SMILES string of the molecule is COc1ccnc(C(=O)NC2COC(=O)C(Cc3cccnc3)C(OC(=O)C(C)C)C(C)OC2=O)c1OC(C)=O. The second kappa shape index (κ2) is 13.5. The minimum Gasteiger partial charge on any atom is -0.493 e. The summed E-state index contributed by atoms with van der Waals surface area (Å²) < 4.78 is 26.9. The van der Waals surface area contributed by atoms with E-state index in [9.17, 15) is 24.0 Å². The van der Waals surface area contributed by atoms with Gasteiger partial charge in [0.15, 0.2) is 23.6 Å². The van der Waals surface area contributed by atoms with Crippen molar-refractivity contribution in [3.05, 3.63) is 48.0 Å². The fourth-order valence-electron chi connectivity index (χ4n) is 3.88. The van der Waals surface area contributed by atoms with Crippen LogP contribution in [0.2, 0.25) is 0 Å². The number of carbonyl (C=O) groups excluding carboxylic acids is 5. The Bertz CT molecular complexity index is 1250. The summed E-state index contributed by atoms with van der Waals surface area (Å²) in [4.78, 5) is 71.6. The van der Waals surface area contributed by atoms with Gasteiger partial charge in [-0.05, 0) is 25.0 Å². The second-order valence-corrected chi connectivity index (χ2v) is 9.31. The van der Waals surface area contributed by atoms with Gasteiger partial charge in [-0.15, -0.1) is 0 Å². The molecule has 1 amide bonds. The lowest BCUT2D eigenvalue weighted by atomic mass is 9.91. The number of cyclic esters (lactones) is 2. The standard InChI is InChI=1S/C27H31N3O10/c1-14(2)25(33)40-22-15(3)38-27(35)19(13-37-26(34)18(22)11-17-7-6-9-28-12-17)30-24(32)21-23(39-16(4)31)20(36-5)8-10-29-21/h6-10,12,14-15,18-19,22H,11,13H2,1-5H3,(H,30,32). The zero-order valence-electron chi connectivity index (χ0n) is 22.7. The van der Waals surface area contributed by atoms with Gasteiger partial charge >= 0.3 is 23.9 Å². The topological polar surface area (TPSA) is 169 Å². The van der Waals surface area contributed by atoms with Gasteiger partial charge < -0.3 is 29.0 Å². The molecule has 13 nitrogen and oxygen atoms in total. The molecule has 4 unspecified atom stereocenters. The third-order valence-electron chi connectivity index (χ3n) is 5.90. The average Bonchev–Trinajstić information content (AvgIpc) is 2.95. The van der Waals surface area contributed by atoms with Crippen molar-refractivity contribution in [2.75, 3.05) is 13.7 Å². The van der Waals surface area contributed by atoms with Crippen molar-refractivity contribution >= 4 is 29.8 Å². The van der Waals surface area contributed by atoms with E-state index in [1.165, 1.54) is 26.3 Å². The second-order valence-electron chi connectivity index (χ2n) is 9.31. The van der Waals surface area contributed by atoms with Gasteiger partial charge in [-0.1, -0.05) is 19.9 Å². The number of hydrogen-bond acceptors (Lipinski definition) is 12. The van der Waals surface area contributed by atoms with Crippen molar-refractivity contribution in [2.45, 2.75) is 52.4 Å². The normalized spacial score (nSPS) is 21.1. The van der Waals surface area contributed by atoms with Crippen LogP contribution in [0.5, 0.6) is 11.5 Å². The first-order valence-electron chi connectivity index (χ1n) is 12.5. The quantitative estimate of drug-likeness (QED) is 0.366. The summed E-state index contributed by atoms with van der Waals surface area (Å²) in [6, 6.07) is 3.36. The summed E-state index contributed by atoms with van der Waals surface area (Å²) in [5.74, 6) is -5.72. The molecule has 0 aromatic carbocycles. The van der Waals surface area contributed by atoms with Crippen LogP contribution >= 0.6 is 0 Å². The smallest absolute Gasteiger partial charge is 0.332 e. The lowest BCUT2D eigenvalue weighted by molar-refractivity contribution is -0.176. The summed E-state index contributed by atoms with van der Waals surface area (Å²) in [6.45, 7) is 5.29. The Hall–Kier alpha value is -4.55. The maximum atomic E-state index is 13.3. The molecule has 3 heterocycles. The van der Waals surface area contributed by atoms with E-state index in [0.29, 0.717) is 5.56 Å². The van der Waals surface area contributed by atoms with Crippen molar-refractivity contribution in [2.24, 2.45) is 11.8 Å². The van der Waals surface area contributed by atoms with Gasteiger partial charge in [0, 0.05) is 31.6 Å². The number of ether oxygens (including phenoxy) is 5. The van der Waals surface area contributed by atoms with Crippen molar-refractivity contribution in [3.63, 3.8) is 0 Å². The molecule has 1 saturated heterocycles. The van der Waals surface area contributed by atoms with Gasteiger partial charge in [0.25, 0.3) is 5.91 Å². The Kier molecular flexibility index (Phi) is 10.1. The van der Waals surface area contributed by atoms with Crippen molar-refractivity contribution < 1.29 is 47.7 Å². The zero-order chi connectivity index (χ0) is 29.4. The predicted molar refractivity (Wildman–Crippen MR) is 136 cm³/mol. The van der Waals surface area contributed by atoms with E-state index < -0.39 is 66.5 Å². The van der Waals surface area contributed by atoms with Crippen LogP contribution in [0.25, 0.3) is 0 Å². The van der Waals surface area contributed by atoms with E-state index in [0.717, 1.165) is 6.92 Å². The molecule has 0 radical (unpaired) electrons. The third kappa shape index (κ3) is 7.52. The lowest BCUT2D eigenvalue weighted by Crippen LogP contribution is -2.47. The molecule has 4 atom stereocenters. The Morgan fingerprint density at radius 2 is 1.90 bits per heavy atom. The van der Waals surface area contributed by atoms with Gasteiger partial charge in [0.05, 0.1) is 13.0 Å². The molecule has 3 rings (SSSR count). The van der Waals surface area contributed by atoms with Crippen LogP contribution in [0, 0.1) is 11.8 Å². The van der Waals surface area contributed by atoms with Crippen LogP contribution in [-0.2, 0) is 39.8 Å². The molecule has 1 aliphatic heterocycles. The number of pyridine rings is 2. The minimum atomic E-state index is -1.46. The molecule has 1 fully saturated rings. The molecule has 0 saturated carbocycles. The molecular weight excluding hydrogens is 526 g/mol. The molecule has 40 heavy (non-hydrogen) atoms. The first kappa shape index (κ1) is 30.0. The van der Waals surface area contributed by atoms with Crippen molar-refractivity contribution in [1.82, 2.24) is 15.3 Å². The van der Waals surface area contributed by atoms with Gasteiger partial charge in [0.1, 0.15) is 18.6 Å². The molecule has 0 bridgehead atoms. The molecule has 2 aromatic heterocycles. The number of hydrogen-bond donors (Lipinski definition) is 1. The molecule has 2 aromatic rings. The van der Waals surface area contributed by atoms with Gasteiger partial charge in [-0.25, -0.2) is 9.78 Å². The first-order valence-corrected chi connectivity index (χ1v) is 12.5. The first-order chi connectivity index (χ1) is 19.0. The number of nitrogens with one attached hydrogen (secondary N) is 1. The summed E-state index contributed by atoms with van der Waals surface area (Å²) in [5, 5.41) is 2.41. The van der Waals surface area contributed by atoms with Crippen LogP contribution in [0.15, 0.2) is 36.8 Å². The third-order valence-corrected chi connectivity index (χ3v) is 5.90. The molecule has 0 spiro atoms. The number of carbonyl (C=O) groups is 5. The highest BCUT2D eigenvalue weighted by molar-refractivity contribution is 5.98. The molecule has 0 aliphatic carbocycles. The van der Waals surface area contributed by atoms with Crippen LogP contribution < -0.4 is 14.8 Å².